The van der Waals surface area contributed by atoms with Crippen LogP contribution in [0.25, 0.3) is 0 Å². The first-order chi connectivity index (χ1) is 13.7. The molecular formula is C22H26N2O4. The number of benzene rings is 1. The van der Waals surface area contributed by atoms with E-state index < -0.39 is 0 Å². The molecule has 2 unspecified atom stereocenters. The van der Waals surface area contributed by atoms with Gasteiger partial charge in [-0.05, 0) is 62.0 Å². The van der Waals surface area contributed by atoms with Crippen LogP contribution in [0, 0.1) is 17.8 Å². The Morgan fingerprint density at radius 3 is 2.57 bits per heavy atom. The van der Waals surface area contributed by atoms with Crippen LogP contribution in [0.5, 0.6) is 11.5 Å². The molecule has 2 aliphatic carbocycles. The van der Waals surface area contributed by atoms with Gasteiger partial charge in [0.15, 0.2) is 23.0 Å². The summed E-state index contributed by atoms with van der Waals surface area (Å²) < 4.78 is 16.4. The summed E-state index contributed by atoms with van der Waals surface area (Å²) in [6.45, 7) is 1.08. The van der Waals surface area contributed by atoms with Crippen LogP contribution in [0.15, 0.2) is 34.9 Å². The highest BCUT2D eigenvalue weighted by Gasteiger charge is 2.44. The number of aromatic nitrogens is 1. The monoisotopic (exact) mass is 382 g/mol. The largest absolute Gasteiger partial charge is 0.493 e. The van der Waals surface area contributed by atoms with Crippen molar-refractivity contribution in [3.8, 4) is 11.5 Å². The molecule has 1 amide bonds. The third-order valence-electron chi connectivity index (χ3n) is 6.58. The minimum atomic E-state index is 0.00508. The Balaban J connectivity index is 1.27. The van der Waals surface area contributed by atoms with E-state index >= 15 is 0 Å². The Bertz CT molecular complexity index is 850. The summed E-state index contributed by atoms with van der Waals surface area (Å²) in [5.41, 5.74) is 0.389. The number of hydrogen-bond acceptors (Lipinski definition) is 5. The zero-order chi connectivity index (χ0) is 19.1. The molecule has 0 N–H and O–H groups in total. The van der Waals surface area contributed by atoms with Gasteiger partial charge in [-0.1, -0.05) is 17.3 Å². The summed E-state index contributed by atoms with van der Waals surface area (Å²) in [5, 5.41) is 4.04. The maximum atomic E-state index is 13.1. The van der Waals surface area contributed by atoms with Crippen LogP contribution >= 0.6 is 0 Å². The van der Waals surface area contributed by atoms with Gasteiger partial charge in [0.25, 0.3) is 5.91 Å². The van der Waals surface area contributed by atoms with Gasteiger partial charge in [-0.3, -0.25) is 4.79 Å². The van der Waals surface area contributed by atoms with E-state index in [9.17, 15) is 4.79 Å². The van der Waals surface area contributed by atoms with Gasteiger partial charge < -0.3 is 18.9 Å². The maximum Gasteiger partial charge on any atom is 0.276 e. The number of carbonyl (C=O) groups is 1. The summed E-state index contributed by atoms with van der Waals surface area (Å²) in [6, 6.07) is 9.53. The Kier molecular flexibility index (Phi) is 4.49. The Hall–Kier alpha value is -2.50. The third kappa shape index (κ3) is 3.25. The van der Waals surface area contributed by atoms with Gasteiger partial charge in [0.2, 0.25) is 0 Å². The first-order valence-electron chi connectivity index (χ1n) is 10.2. The van der Waals surface area contributed by atoms with Gasteiger partial charge in [0, 0.05) is 18.7 Å². The fraction of sp³-hybridized carbons (Fsp3) is 0.545. The van der Waals surface area contributed by atoms with Gasteiger partial charge in [0.1, 0.15) is 6.61 Å². The SMILES string of the molecule is COc1ccccc1OCc1cc(C(=O)N2CC3C[C@@H]4CC2C[C@H](C3)C4)no1. The molecule has 2 saturated heterocycles. The second kappa shape index (κ2) is 7.15. The lowest BCUT2D eigenvalue weighted by atomic mass is 9.68. The molecular weight excluding hydrogens is 356 g/mol. The average molecular weight is 382 g/mol. The fourth-order valence-corrected chi connectivity index (χ4v) is 5.55. The van der Waals surface area contributed by atoms with Crippen LogP contribution in [0.3, 0.4) is 0 Å². The predicted molar refractivity (Wildman–Crippen MR) is 102 cm³/mol. The Morgan fingerprint density at radius 2 is 1.82 bits per heavy atom. The van der Waals surface area contributed by atoms with Crippen molar-refractivity contribution in [2.75, 3.05) is 13.7 Å². The van der Waals surface area contributed by atoms with Crippen molar-refractivity contribution >= 4 is 5.91 Å². The third-order valence-corrected chi connectivity index (χ3v) is 6.58. The number of fused-ring (bicyclic) bond motifs is 1. The molecule has 1 aromatic heterocycles. The zero-order valence-electron chi connectivity index (χ0n) is 16.2. The van der Waals surface area contributed by atoms with Crippen molar-refractivity contribution in [2.24, 2.45) is 17.8 Å². The second-order valence-corrected chi connectivity index (χ2v) is 8.51. The Labute approximate surface area is 164 Å². The molecule has 1 aromatic carbocycles. The first-order valence-corrected chi connectivity index (χ1v) is 10.2. The average Bonchev–Trinajstić information content (AvgIpc) is 3.09. The lowest BCUT2D eigenvalue weighted by Crippen LogP contribution is -2.42. The number of rotatable bonds is 5. The van der Waals surface area contributed by atoms with Crippen molar-refractivity contribution in [2.45, 2.75) is 44.8 Å². The van der Waals surface area contributed by atoms with Crippen LogP contribution in [0.2, 0.25) is 0 Å². The molecule has 148 valence electrons. The molecule has 28 heavy (non-hydrogen) atoms. The van der Waals surface area contributed by atoms with E-state index in [1.807, 2.05) is 24.3 Å². The van der Waals surface area contributed by atoms with Crippen molar-refractivity contribution in [3.63, 3.8) is 0 Å². The molecule has 0 spiro atoms. The molecule has 2 aromatic rings. The number of methoxy groups -OCH3 is 1. The normalized spacial score (nSPS) is 28.2. The molecule has 0 radical (unpaired) electrons. The van der Waals surface area contributed by atoms with Gasteiger partial charge in [0.05, 0.1) is 7.11 Å². The second-order valence-electron chi connectivity index (χ2n) is 8.51. The van der Waals surface area contributed by atoms with Crippen LogP contribution in [-0.4, -0.2) is 35.7 Å². The number of para-hydroxylation sites is 2. The van der Waals surface area contributed by atoms with E-state index in [0.717, 1.165) is 31.2 Å². The molecule has 6 rings (SSSR count). The molecule has 6 nitrogen and oxygen atoms in total. The van der Waals surface area contributed by atoms with E-state index in [2.05, 4.69) is 10.1 Å². The van der Waals surface area contributed by atoms with E-state index in [0.29, 0.717) is 34.9 Å². The first kappa shape index (κ1) is 17.6. The maximum absolute atomic E-state index is 13.1. The molecule has 4 bridgehead atoms. The number of hydrogen-bond donors (Lipinski definition) is 0. The van der Waals surface area contributed by atoms with E-state index in [1.165, 1.54) is 19.3 Å². The summed E-state index contributed by atoms with van der Waals surface area (Å²) in [4.78, 5) is 15.2. The van der Waals surface area contributed by atoms with Crippen LogP contribution in [0.1, 0.15) is 48.4 Å². The lowest BCUT2D eigenvalue weighted by Gasteiger charge is -2.38. The molecule has 6 heteroatoms. The van der Waals surface area contributed by atoms with Gasteiger partial charge >= 0.3 is 0 Å². The number of amides is 1. The van der Waals surface area contributed by atoms with Crippen molar-refractivity contribution < 1.29 is 18.8 Å². The summed E-state index contributed by atoms with van der Waals surface area (Å²) in [6.07, 6.45) is 6.24. The van der Waals surface area contributed by atoms with E-state index in [1.54, 1.807) is 13.2 Å². The number of nitrogens with zero attached hydrogens (tertiary/aromatic N) is 2. The van der Waals surface area contributed by atoms with E-state index in [-0.39, 0.29) is 12.5 Å². The minimum absolute atomic E-state index is 0.00508. The highest BCUT2D eigenvalue weighted by Crippen LogP contribution is 2.47. The molecule has 4 fully saturated rings. The molecule has 2 saturated carbocycles. The highest BCUT2D eigenvalue weighted by molar-refractivity contribution is 5.92. The Morgan fingerprint density at radius 1 is 1.11 bits per heavy atom. The molecule has 4 aliphatic rings. The molecule has 4 atom stereocenters. The van der Waals surface area contributed by atoms with Crippen molar-refractivity contribution in [3.05, 3.63) is 41.8 Å². The summed E-state index contributed by atoms with van der Waals surface area (Å²) >= 11 is 0. The fourth-order valence-electron chi connectivity index (χ4n) is 5.55. The number of carbonyl (C=O) groups excluding carboxylic acids is 1. The van der Waals surface area contributed by atoms with Crippen LogP contribution < -0.4 is 9.47 Å². The summed E-state index contributed by atoms with van der Waals surface area (Å²) in [7, 11) is 1.61. The number of ether oxygens (including phenoxy) is 2. The minimum Gasteiger partial charge on any atom is -0.493 e. The topological polar surface area (TPSA) is 64.8 Å². The summed E-state index contributed by atoms with van der Waals surface area (Å²) in [5.74, 6) is 4.11. The van der Waals surface area contributed by atoms with Crippen molar-refractivity contribution in [1.29, 1.82) is 0 Å². The van der Waals surface area contributed by atoms with Gasteiger partial charge in [-0.25, -0.2) is 0 Å². The standard InChI is InChI=1S/C22H26N2O4/c1-26-20-4-2-3-5-21(20)27-13-18-11-19(23-28-18)22(25)24-12-16-7-14-6-15(8-16)10-17(24)9-14/h2-5,11,14-17H,6-10,12-13H2,1H3/t14-,15+,16?,17?. The molecule has 3 heterocycles. The van der Waals surface area contributed by atoms with E-state index in [4.69, 9.17) is 14.0 Å². The quantitative estimate of drug-likeness (QED) is 0.784. The lowest BCUT2D eigenvalue weighted by molar-refractivity contribution is 0.0622. The predicted octanol–water partition coefficient (Wildman–Crippen LogP) is 3.91. The van der Waals surface area contributed by atoms with Gasteiger partial charge in [-0.2, -0.15) is 0 Å². The van der Waals surface area contributed by atoms with Gasteiger partial charge in [-0.15, -0.1) is 0 Å². The van der Waals surface area contributed by atoms with Crippen LogP contribution in [0.4, 0.5) is 0 Å². The molecule has 2 aliphatic heterocycles. The highest BCUT2D eigenvalue weighted by atomic mass is 16.5. The van der Waals surface area contributed by atoms with Crippen LogP contribution in [-0.2, 0) is 6.61 Å². The van der Waals surface area contributed by atoms with Crippen molar-refractivity contribution in [1.82, 2.24) is 10.1 Å². The smallest absolute Gasteiger partial charge is 0.276 e. The zero-order valence-corrected chi connectivity index (χ0v) is 16.2.